The van der Waals surface area contributed by atoms with Crippen LogP contribution in [0.15, 0.2) is 54.0 Å². The summed E-state index contributed by atoms with van der Waals surface area (Å²) < 4.78 is 17.4. The molecular weight excluding hydrogens is 499 g/mol. The third-order valence-electron chi connectivity index (χ3n) is 6.88. The van der Waals surface area contributed by atoms with E-state index in [1.807, 2.05) is 12.4 Å². The summed E-state index contributed by atoms with van der Waals surface area (Å²) >= 11 is 0. The van der Waals surface area contributed by atoms with Crippen molar-refractivity contribution in [2.75, 3.05) is 36.0 Å². The van der Waals surface area contributed by atoms with Crippen LogP contribution in [0, 0.1) is 17.1 Å². The van der Waals surface area contributed by atoms with Crippen molar-refractivity contribution >= 4 is 11.8 Å². The minimum absolute atomic E-state index is 0.0638. The molecule has 1 aliphatic heterocycles. The van der Waals surface area contributed by atoms with Gasteiger partial charge in [-0.15, -0.1) is 0 Å². The van der Waals surface area contributed by atoms with Gasteiger partial charge in [-0.3, -0.25) is 0 Å². The van der Waals surface area contributed by atoms with Gasteiger partial charge >= 0.3 is 5.69 Å². The lowest BCUT2D eigenvalue weighted by atomic mass is 10.0. The summed E-state index contributed by atoms with van der Waals surface area (Å²) in [5.74, 6) is 0.692. The predicted molar refractivity (Wildman–Crippen MR) is 145 cm³/mol. The van der Waals surface area contributed by atoms with Crippen LogP contribution in [0.3, 0.4) is 0 Å². The monoisotopic (exact) mass is 528 g/mol. The van der Waals surface area contributed by atoms with Crippen LogP contribution in [-0.4, -0.2) is 61.5 Å². The number of piperazine rings is 1. The quantitative estimate of drug-likeness (QED) is 0.383. The number of nitrogens with two attached hydrogens (primary N) is 1. The Morgan fingerprint density at radius 2 is 1.92 bits per heavy atom. The fourth-order valence-electron chi connectivity index (χ4n) is 4.73. The van der Waals surface area contributed by atoms with Crippen molar-refractivity contribution in [3.05, 3.63) is 76.6 Å². The lowest BCUT2D eigenvalue weighted by molar-refractivity contribution is 0.538. The molecule has 0 radical (unpaired) electrons. The molecule has 0 bridgehead atoms. The molecule has 2 N–H and O–H groups in total. The summed E-state index contributed by atoms with van der Waals surface area (Å²) in [5, 5.41) is 13.9. The van der Waals surface area contributed by atoms with Crippen molar-refractivity contribution in [2.24, 2.45) is 5.73 Å². The molecule has 1 fully saturated rings. The first-order valence-corrected chi connectivity index (χ1v) is 12.8. The van der Waals surface area contributed by atoms with E-state index in [0.717, 1.165) is 16.6 Å². The lowest BCUT2D eigenvalue weighted by Gasteiger charge is -2.40. The molecule has 0 aliphatic carbocycles. The number of hydrogen-bond acceptors (Lipinski definition) is 9. The average Bonchev–Trinajstić information content (AvgIpc) is 3.32. The zero-order valence-corrected chi connectivity index (χ0v) is 21.8. The van der Waals surface area contributed by atoms with E-state index in [-0.39, 0.29) is 24.8 Å². The molecule has 4 heterocycles. The Morgan fingerprint density at radius 3 is 2.59 bits per heavy atom. The van der Waals surface area contributed by atoms with Crippen LogP contribution in [0.2, 0.25) is 0 Å². The Morgan fingerprint density at radius 1 is 1.13 bits per heavy atom. The molecule has 1 unspecified atom stereocenters. The number of anilines is 2. The minimum Gasteiger partial charge on any atom is -0.349 e. The van der Waals surface area contributed by atoms with Crippen LogP contribution in [-0.2, 0) is 13.0 Å². The van der Waals surface area contributed by atoms with Gasteiger partial charge in [-0.05, 0) is 42.7 Å². The summed E-state index contributed by atoms with van der Waals surface area (Å²) in [6, 6.07) is 8.55. The van der Waals surface area contributed by atoms with Crippen molar-refractivity contribution in [3.63, 3.8) is 0 Å². The number of pyridine rings is 1. The van der Waals surface area contributed by atoms with E-state index in [4.69, 9.17) is 5.73 Å². The first kappa shape index (κ1) is 26.0. The third kappa shape index (κ3) is 5.08. The molecule has 1 saturated heterocycles. The summed E-state index contributed by atoms with van der Waals surface area (Å²) in [6.45, 7) is 6.67. The highest BCUT2D eigenvalue weighted by Crippen LogP contribution is 2.29. The van der Waals surface area contributed by atoms with Gasteiger partial charge in [0.25, 0.3) is 0 Å². The van der Waals surface area contributed by atoms with E-state index < -0.39 is 11.5 Å². The molecule has 11 nitrogen and oxygen atoms in total. The molecule has 0 amide bonds. The van der Waals surface area contributed by atoms with Crippen molar-refractivity contribution in [1.82, 2.24) is 29.3 Å². The molecule has 39 heavy (non-hydrogen) atoms. The molecule has 0 spiro atoms. The molecule has 4 aromatic rings. The Bertz CT molecular complexity index is 1570. The maximum absolute atomic E-state index is 15.1. The van der Waals surface area contributed by atoms with Crippen molar-refractivity contribution in [2.45, 2.75) is 32.9 Å². The van der Waals surface area contributed by atoms with Crippen molar-refractivity contribution in [1.29, 1.82) is 5.26 Å². The first-order chi connectivity index (χ1) is 18.9. The Hall–Kier alpha value is -4.63. The fourth-order valence-corrected chi connectivity index (χ4v) is 4.73. The van der Waals surface area contributed by atoms with Gasteiger partial charge in [-0.1, -0.05) is 13.0 Å². The smallest absolute Gasteiger partial charge is 0.349 e. The number of nitrogens with zero attached hydrogens (tertiary/aromatic N) is 9. The molecule has 12 heteroatoms. The van der Waals surface area contributed by atoms with Gasteiger partial charge in [0.15, 0.2) is 0 Å². The van der Waals surface area contributed by atoms with Crippen LogP contribution in [0.4, 0.5) is 16.2 Å². The van der Waals surface area contributed by atoms with Gasteiger partial charge in [0.1, 0.15) is 24.0 Å². The van der Waals surface area contributed by atoms with Gasteiger partial charge in [0.05, 0.1) is 17.8 Å². The molecule has 1 aromatic carbocycles. The Labute approximate surface area is 225 Å². The highest BCUT2D eigenvalue weighted by molar-refractivity contribution is 5.69. The van der Waals surface area contributed by atoms with Crippen LogP contribution >= 0.6 is 0 Å². The molecule has 3 aromatic heterocycles. The van der Waals surface area contributed by atoms with E-state index in [1.165, 1.54) is 23.1 Å². The van der Waals surface area contributed by atoms with E-state index in [2.05, 4.69) is 49.8 Å². The lowest BCUT2D eigenvalue weighted by Crippen LogP contribution is -2.53. The number of rotatable bonds is 7. The second-order valence-electron chi connectivity index (χ2n) is 9.40. The normalized spacial score (nSPS) is 15.4. The van der Waals surface area contributed by atoms with Gasteiger partial charge in [-0.2, -0.15) is 10.4 Å². The Kier molecular flexibility index (Phi) is 7.33. The van der Waals surface area contributed by atoms with Crippen LogP contribution in [0.25, 0.3) is 16.8 Å². The summed E-state index contributed by atoms with van der Waals surface area (Å²) in [7, 11) is 0. The van der Waals surface area contributed by atoms with Crippen LogP contribution in [0.5, 0.6) is 0 Å². The zero-order valence-electron chi connectivity index (χ0n) is 21.8. The molecule has 200 valence electrons. The Balaban J connectivity index is 1.36. The van der Waals surface area contributed by atoms with Crippen molar-refractivity contribution in [3.8, 4) is 22.9 Å². The van der Waals surface area contributed by atoms with E-state index in [0.29, 0.717) is 48.1 Å². The maximum atomic E-state index is 15.1. The van der Waals surface area contributed by atoms with Gasteiger partial charge in [-0.25, -0.2) is 33.4 Å². The number of benzene rings is 1. The number of nitriles is 1. The molecule has 0 saturated carbocycles. The van der Waals surface area contributed by atoms with Gasteiger partial charge in [0.2, 0.25) is 5.95 Å². The zero-order chi connectivity index (χ0) is 27.5. The first-order valence-electron chi connectivity index (χ1n) is 12.8. The van der Waals surface area contributed by atoms with Gasteiger partial charge < -0.3 is 15.5 Å². The maximum Gasteiger partial charge on any atom is 0.350 e. The van der Waals surface area contributed by atoms with Crippen LogP contribution < -0.4 is 21.2 Å². The number of aryl methyl sites for hydroxylation is 1. The molecule has 1 atom stereocenters. The molecular formula is C27H29FN10O. The van der Waals surface area contributed by atoms with Crippen LogP contribution in [0.1, 0.15) is 25.0 Å². The minimum atomic E-state index is -0.594. The number of aromatic nitrogens is 6. The third-order valence-corrected chi connectivity index (χ3v) is 6.88. The summed E-state index contributed by atoms with van der Waals surface area (Å²) in [5.41, 5.74) is 7.75. The highest BCUT2D eigenvalue weighted by atomic mass is 19.1. The molecule has 1 aliphatic rings. The standard InChI is InChI=1S/C27H29FN10O/c1-3-19-13-32-26(33-14-19)35-8-9-36(18(2)16-35)25-21(12-30)10-22(15-31-25)20-4-5-24(23(28)11-20)37-17-34-38(7-6-29)27(37)39/h4-5,10-11,13-15,17-18H,3,6-9,16,29H2,1-2H3. The largest absolute Gasteiger partial charge is 0.350 e. The van der Waals surface area contributed by atoms with E-state index >= 15 is 4.39 Å². The van der Waals surface area contributed by atoms with Gasteiger partial charge in [0, 0.05) is 56.4 Å². The summed E-state index contributed by atoms with van der Waals surface area (Å²) in [4.78, 5) is 30.3. The second-order valence-corrected chi connectivity index (χ2v) is 9.40. The summed E-state index contributed by atoms with van der Waals surface area (Å²) in [6.07, 6.45) is 7.52. The average molecular weight is 529 g/mol. The fraction of sp³-hybridized carbons (Fsp3) is 0.333. The van der Waals surface area contributed by atoms with E-state index in [9.17, 15) is 10.1 Å². The number of hydrogen-bond donors (Lipinski definition) is 1. The van der Waals surface area contributed by atoms with E-state index in [1.54, 1.807) is 18.3 Å². The van der Waals surface area contributed by atoms with Crippen molar-refractivity contribution < 1.29 is 4.39 Å². The molecule has 5 rings (SSSR count). The SMILES string of the molecule is CCc1cnc(N2CCN(c3ncc(-c4ccc(-n5cnn(CCN)c5=O)c(F)c4)cc3C#N)C(C)C2)nc1. The second kappa shape index (κ2) is 11.0. The number of halogens is 1. The highest BCUT2D eigenvalue weighted by Gasteiger charge is 2.28. The predicted octanol–water partition coefficient (Wildman–Crippen LogP) is 2.13. The topological polar surface area (TPSA) is 135 Å².